The van der Waals surface area contributed by atoms with E-state index in [-0.39, 0.29) is 0 Å². The zero-order valence-corrected chi connectivity index (χ0v) is 18.0. The Morgan fingerprint density at radius 3 is 1.86 bits per heavy atom. The molecule has 1 aromatic heterocycles. The summed E-state index contributed by atoms with van der Waals surface area (Å²) < 4.78 is 15.8. The molecule has 5 aromatic rings. The van der Waals surface area contributed by atoms with Crippen LogP contribution in [0.25, 0.3) is 21.7 Å². The number of hydrogen-bond donors (Lipinski definition) is 0. The summed E-state index contributed by atoms with van der Waals surface area (Å²) in [7, 11) is -3.18. The second kappa shape index (κ2) is 7.26. The van der Waals surface area contributed by atoms with Crippen LogP contribution in [0.2, 0.25) is 0 Å². The molecule has 2 nitrogen and oxygen atoms in total. The number of hydrogen-bond acceptors (Lipinski definition) is 2. The molecule has 0 spiro atoms. The molecule has 0 fully saturated rings. The SMILES string of the molecule is O=P(c1ccccc1)(c1ccccc1)c1nc2ccccc2c2ccc(Br)cc12. The van der Waals surface area contributed by atoms with Crippen LogP contribution in [-0.4, -0.2) is 4.98 Å². The summed E-state index contributed by atoms with van der Waals surface area (Å²) in [5.41, 5.74) is 1.48. The number of pyridine rings is 1. The number of nitrogens with zero attached hydrogens (tertiary/aromatic N) is 1. The summed E-state index contributed by atoms with van der Waals surface area (Å²) in [5.74, 6) is 0. The van der Waals surface area contributed by atoms with Gasteiger partial charge < -0.3 is 4.57 Å². The summed E-state index contributed by atoms with van der Waals surface area (Å²) in [6.45, 7) is 0. The maximum atomic E-state index is 14.9. The maximum absolute atomic E-state index is 14.9. The van der Waals surface area contributed by atoms with Crippen LogP contribution in [-0.2, 0) is 4.57 Å². The molecule has 0 radical (unpaired) electrons. The number of para-hydroxylation sites is 1. The van der Waals surface area contributed by atoms with E-state index in [0.29, 0.717) is 5.44 Å². The van der Waals surface area contributed by atoms with Crippen LogP contribution in [0, 0.1) is 0 Å². The molecule has 0 atom stereocenters. The van der Waals surface area contributed by atoms with Crippen molar-refractivity contribution in [1.82, 2.24) is 4.98 Å². The Balaban J connectivity index is 1.97. The van der Waals surface area contributed by atoms with Gasteiger partial charge in [-0.25, -0.2) is 4.98 Å². The van der Waals surface area contributed by atoms with Crippen molar-refractivity contribution >= 4 is 60.8 Å². The minimum atomic E-state index is -3.18. The second-order valence-corrected chi connectivity index (χ2v) is 10.5. The Kier molecular flexibility index (Phi) is 4.58. The summed E-state index contributed by atoms with van der Waals surface area (Å²) in [4.78, 5) is 4.99. The highest BCUT2D eigenvalue weighted by atomic mass is 79.9. The van der Waals surface area contributed by atoms with Gasteiger partial charge in [0.15, 0.2) is 7.14 Å². The fourth-order valence-electron chi connectivity index (χ4n) is 3.82. The topological polar surface area (TPSA) is 30.0 Å². The molecular formula is C25H17BrNOP. The molecule has 0 unspecified atom stereocenters. The second-order valence-electron chi connectivity index (χ2n) is 6.92. The zero-order chi connectivity index (χ0) is 19.8. The molecule has 0 aliphatic heterocycles. The van der Waals surface area contributed by atoms with Gasteiger partial charge in [0.2, 0.25) is 0 Å². The van der Waals surface area contributed by atoms with Crippen LogP contribution in [0.15, 0.2) is 108 Å². The van der Waals surface area contributed by atoms with Crippen LogP contribution in [0.1, 0.15) is 0 Å². The third-order valence-corrected chi connectivity index (χ3v) is 8.66. The molecule has 0 amide bonds. The van der Waals surface area contributed by atoms with Crippen molar-refractivity contribution in [2.24, 2.45) is 0 Å². The summed E-state index contributed by atoms with van der Waals surface area (Å²) in [6, 6.07) is 33.6. The largest absolute Gasteiger partial charge is 0.307 e. The van der Waals surface area contributed by atoms with Crippen molar-refractivity contribution < 1.29 is 4.57 Å². The number of benzene rings is 4. The van der Waals surface area contributed by atoms with Gasteiger partial charge in [0.25, 0.3) is 0 Å². The van der Waals surface area contributed by atoms with Gasteiger partial charge >= 0.3 is 0 Å². The van der Waals surface area contributed by atoms with Gasteiger partial charge in [-0.2, -0.15) is 0 Å². The molecule has 0 saturated heterocycles. The quantitative estimate of drug-likeness (QED) is 0.253. The van der Waals surface area contributed by atoms with Gasteiger partial charge in [-0.05, 0) is 23.6 Å². The van der Waals surface area contributed by atoms with Gasteiger partial charge in [-0.1, -0.05) is 101 Å². The first-order chi connectivity index (χ1) is 14.2. The molecule has 4 heteroatoms. The average Bonchev–Trinajstić information content (AvgIpc) is 2.79. The predicted octanol–water partition coefficient (Wildman–Crippen LogP) is 5.79. The molecular weight excluding hydrogens is 441 g/mol. The first-order valence-electron chi connectivity index (χ1n) is 9.38. The third-order valence-electron chi connectivity index (χ3n) is 5.18. The van der Waals surface area contributed by atoms with Crippen molar-refractivity contribution in [2.75, 3.05) is 0 Å². The monoisotopic (exact) mass is 457 g/mol. The van der Waals surface area contributed by atoms with Gasteiger partial charge in [-0.3, -0.25) is 0 Å². The van der Waals surface area contributed by atoms with E-state index in [0.717, 1.165) is 36.8 Å². The molecule has 0 aliphatic rings. The van der Waals surface area contributed by atoms with E-state index in [4.69, 9.17) is 4.98 Å². The van der Waals surface area contributed by atoms with E-state index < -0.39 is 7.14 Å². The van der Waals surface area contributed by atoms with Crippen LogP contribution >= 0.6 is 23.1 Å². The van der Waals surface area contributed by atoms with Crippen molar-refractivity contribution in [3.8, 4) is 0 Å². The lowest BCUT2D eigenvalue weighted by atomic mass is 10.1. The Bertz CT molecular complexity index is 1340. The zero-order valence-electron chi connectivity index (χ0n) is 15.5. The van der Waals surface area contributed by atoms with Crippen molar-refractivity contribution in [3.63, 3.8) is 0 Å². The Labute approximate surface area is 177 Å². The van der Waals surface area contributed by atoms with Gasteiger partial charge in [0.1, 0.15) is 5.44 Å². The van der Waals surface area contributed by atoms with Crippen LogP contribution in [0.5, 0.6) is 0 Å². The molecule has 0 bridgehead atoms. The fraction of sp³-hybridized carbons (Fsp3) is 0. The van der Waals surface area contributed by atoms with Gasteiger partial charge in [-0.15, -0.1) is 0 Å². The van der Waals surface area contributed by atoms with E-state index in [1.165, 1.54) is 0 Å². The minimum Gasteiger partial charge on any atom is -0.307 e. The minimum absolute atomic E-state index is 0.630. The summed E-state index contributed by atoms with van der Waals surface area (Å²) in [5, 5.41) is 4.60. The van der Waals surface area contributed by atoms with Crippen molar-refractivity contribution in [3.05, 3.63) is 108 Å². The number of halogens is 1. The van der Waals surface area contributed by atoms with E-state index in [1.54, 1.807) is 0 Å². The number of aromatic nitrogens is 1. The molecule has 5 rings (SSSR count). The van der Waals surface area contributed by atoms with Gasteiger partial charge in [0.05, 0.1) is 5.52 Å². The Morgan fingerprint density at radius 2 is 1.21 bits per heavy atom. The standard InChI is InChI=1S/C25H17BrNOP/c26-18-15-16-21-22-13-7-8-14-24(22)27-25(23(21)17-18)29(28,19-9-3-1-4-10-19)20-11-5-2-6-12-20/h1-17H. The molecule has 1 heterocycles. The van der Waals surface area contributed by atoms with Crippen molar-refractivity contribution in [2.45, 2.75) is 0 Å². The van der Waals surface area contributed by atoms with E-state index in [1.807, 2.05) is 91.0 Å². The molecule has 140 valence electrons. The normalized spacial score (nSPS) is 11.8. The lowest BCUT2D eigenvalue weighted by Gasteiger charge is -2.21. The lowest BCUT2D eigenvalue weighted by molar-refractivity contribution is 0.592. The highest BCUT2D eigenvalue weighted by Gasteiger charge is 2.33. The number of rotatable bonds is 3. The predicted molar refractivity (Wildman–Crippen MR) is 126 cm³/mol. The first kappa shape index (κ1) is 18.3. The van der Waals surface area contributed by atoms with Crippen LogP contribution < -0.4 is 16.0 Å². The van der Waals surface area contributed by atoms with E-state index >= 15 is 0 Å². The van der Waals surface area contributed by atoms with Gasteiger partial charge in [0, 0.05) is 25.9 Å². The molecule has 0 saturated carbocycles. The molecule has 0 N–H and O–H groups in total. The van der Waals surface area contributed by atoms with Crippen LogP contribution in [0.4, 0.5) is 0 Å². The average molecular weight is 458 g/mol. The summed E-state index contributed by atoms with van der Waals surface area (Å²) in [6.07, 6.45) is 0. The molecule has 4 aromatic carbocycles. The Hall–Kier alpha value is -2.74. The molecule has 29 heavy (non-hydrogen) atoms. The maximum Gasteiger partial charge on any atom is 0.189 e. The Morgan fingerprint density at radius 1 is 0.621 bits per heavy atom. The smallest absolute Gasteiger partial charge is 0.189 e. The van der Waals surface area contributed by atoms with Crippen LogP contribution in [0.3, 0.4) is 0 Å². The first-order valence-corrected chi connectivity index (χ1v) is 11.9. The fourth-order valence-corrected chi connectivity index (χ4v) is 6.92. The van der Waals surface area contributed by atoms with Crippen molar-refractivity contribution in [1.29, 1.82) is 0 Å². The summed E-state index contributed by atoms with van der Waals surface area (Å²) >= 11 is 3.59. The number of fused-ring (bicyclic) bond motifs is 3. The lowest BCUT2D eigenvalue weighted by Crippen LogP contribution is -2.27. The highest BCUT2D eigenvalue weighted by molar-refractivity contribution is 9.10. The third kappa shape index (κ3) is 3.02. The van der Waals surface area contributed by atoms with E-state index in [2.05, 4.69) is 28.1 Å². The highest BCUT2D eigenvalue weighted by Crippen LogP contribution is 2.44. The molecule has 0 aliphatic carbocycles. The van der Waals surface area contributed by atoms with E-state index in [9.17, 15) is 4.57 Å².